The molecule has 3 nitrogen and oxygen atoms in total. The molecule has 0 saturated heterocycles. The summed E-state index contributed by atoms with van der Waals surface area (Å²) in [5.74, 6) is -0.311. The lowest BCUT2D eigenvalue weighted by Crippen LogP contribution is -2.07. The van der Waals surface area contributed by atoms with Crippen molar-refractivity contribution in [3.8, 4) is 0 Å². The van der Waals surface area contributed by atoms with Gasteiger partial charge in [-0.2, -0.15) is 0 Å². The molecule has 0 amide bonds. The molecular weight excluding hydrogens is 324 g/mol. The van der Waals surface area contributed by atoms with Gasteiger partial charge in [0.25, 0.3) is 0 Å². The summed E-state index contributed by atoms with van der Waals surface area (Å²) in [6.07, 6.45) is 0.786. The minimum atomic E-state index is -0.311. The second-order valence-electron chi connectivity index (χ2n) is 6.86. The van der Waals surface area contributed by atoms with E-state index in [4.69, 9.17) is 9.47 Å². The maximum atomic E-state index is 11.9. The highest BCUT2D eigenvalue weighted by molar-refractivity contribution is 5.90. The first-order valence-electron chi connectivity index (χ1n) is 8.79. The normalized spacial score (nSPS) is 19.1. The lowest BCUT2D eigenvalue weighted by molar-refractivity contribution is 0.0600. The van der Waals surface area contributed by atoms with Crippen LogP contribution in [0, 0.1) is 0 Å². The zero-order valence-electron chi connectivity index (χ0n) is 14.4. The van der Waals surface area contributed by atoms with Crippen LogP contribution in [0.2, 0.25) is 0 Å². The van der Waals surface area contributed by atoms with Crippen molar-refractivity contribution in [3.05, 3.63) is 106 Å². The fraction of sp³-hybridized carbons (Fsp3) is 0.174. The average Bonchev–Trinajstić information content (AvgIpc) is 3.24. The fourth-order valence-electron chi connectivity index (χ4n) is 4.08. The van der Waals surface area contributed by atoms with Crippen molar-refractivity contribution in [2.45, 2.75) is 18.6 Å². The summed E-state index contributed by atoms with van der Waals surface area (Å²) in [7, 11) is 1.41. The van der Waals surface area contributed by atoms with E-state index in [9.17, 15) is 4.79 Å². The van der Waals surface area contributed by atoms with Gasteiger partial charge in [0.1, 0.15) is 12.2 Å². The standard InChI is InChI=1S/C23H18O3/c1-25-23(24)16-8-10-18-20(13-16)22-19-12-15(7-9-17(19)21(18)26-22)11-14-5-3-2-4-6-14/h2-10,12-13,21-22H,11H2,1H3/t21-,22+/m0/s1. The summed E-state index contributed by atoms with van der Waals surface area (Å²) in [5.41, 5.74) is 7.85. The zero-order valence-corrected chi connectivity index (χ0v) is 14.4. The maximum absolute atomic E-state index is 11.9. The Balaban J connectivity index is 1.51. The predicted octanol–water partition coefficient (Wildman–Crippen LogP) is 4.59. The van der Waals surface area contributed by atoms with Gasteiger partial charge in [0, 0.05) is 0 Å². The number of carbonyl (C=O) groups is 1. The number of ether oxygens (including phenoxy) is 2. The summed E-state index contributed by atoms with van der Waals surface area (Å²) in [6, 6.07) is 22.8. The number of benzene rings is 3. The van der Waals surface area contributed by atoms with Crippen LogP contribution in [0.25, 0.3) is 0 Å². The van der Waals surface area contributed by atoms with E-state index in [1.54, 1.807) is 0 Å². The van der Waals surface area contributed by atoms with E-state index in [2.05, 4.69) is 42.5 Å². The smallest absolute Gasteiger partial charge is 0.337 e. The number of hydrogen-bond donors (Lipinski definition) is 0. The molecule has 3 heteroatoms. The Morgan fingerprint density at radius 1 is 0.846 bits per heavy atom. The molecule has 0 aromatic heterocycles. The molecule has 2 atom stereocenters. The van der Waals surface area contributed by atoms with Crippen LogP contribution in [-0.2, 0) is 15.9 Å². The van der Waals surface area contributed by atoms with Crippen molar-refractivity contribution >= 4 is 5.97 Å². The molecule has 0 N–H and O–H groups in total. The van der Waals surface area contributed by atoms with E-state index in [1.807, 2.05) is 24.3 Å². The van der Waals surface area contributed by atoms with Crippen LogP contribution in [0.15, 0.2) is 66.7 Å². The van der Waals surface area contributed by atoms with E-state index < -0.39 is 0 Å². The molecule has 0 aliphatic carbocycles. The lowest BCUT2D eigenvalue weighted by atomic mass is 9.84. The first-order chi connectivity index (χ1) is 12.7. The summed E-state index contributed by atoms with van der Waals surface area (Å²) in [5, 5.41) is 0. The monoisotopic (exact) mass is 342 g/mol. The number of rotatable bonds is 3. The molecule has 0 radical (unpaired) electrons. The van der Waals surface area contributed by atoms with E-state index in [-0.39, 0.29) is 18.2 Å². The van der Waals surface area contributed by atoms with Crippen molar-refractivity contribution in [2.75, 3.05) is 7.11 Å². The molecule has 0 unspecified atom stereocenters. The minimum absolute atomic E-state index is 0.0255. The Bertz CT molecular complexity index is 1010. The molecule has 26 heavy (non-hydrogen) atoms. The van der Waals surface area contributed by atoms with Gasteiger partial charge in [0.05, 0.1) is 12.7 Å². The minimum Gasteiger partial charge on any atom is -0.465 e. The van der Waals surface area contributed by atoms with Gasteiger partial charge in [0.2, 0.25) is 0 Å². The van der Waals surface area contributed by atoms with Crippen molar-refractivity contribution in [1.29, 1.82) is 0 Å². The van der Waals surface area contributed by atoms with Gasteiger partial charge in [-0.15, -0.1) is 0 Å². The molecule has 5 rings (SSSR count). The average molecular weight is 342 g/mol. The molecule has 2 heterocycles. The van der Waals surface area contributed by atoms with Crippen LogP contribution < -0.4 is 0 Å². The van der Waals surface area contributed by atoms with Gasteiger partial charge in [-0.05, 0) is 51.9 Å². The van der Waals surface area contributed by atoms with Gasteiger partial charge in [0.15, 0.2) is 0 Å². The Hall–Kier alpha value is -2.91. The summed E-state index contributed by atoms with van der Waals surface area (Å²) < 4.78 is 11.1. The first-order valence-corrected chi connectivity index (χ1v) is 8.79. The molecule has 0 fully saturated rings. The Morgan fingerprint density at radius 2 is 1.54 bits per heavy atom. The number of esters is 1. The van der Waals surface area contributed by atoms with Crippen molar-refractivity contribution in [3.63, 3.8) is 0 Å². The third kappa shape index (κ3) is 2.28. The SMILES string of the molecule is COC(=O)c1ccc2c(c1)[C@@H]1O[C@H]2c2ccc(Cc3ccccc3)cc21. The molecular formula is C23H18O3. The zero-order chi connectivity index (χ0) is 17.7. The lowest BCUT2D eigenvalue weighted by Gasteiger charge is -2.17. The molecule has 128 valence electrons. The van der Waals surface area contributed by atoms with E-state index in [0.717, 1.165) is 17.5 Å². The Morgan fingerprint density at radius 3 is 2.31 bits per heavy atom. The number of carbonyl (C=O) groups excluding carboxylic acids is 1. The van der Waals surface area contributed by atoms with Crippen LogP contribution in [0.4, 0.5) is 0 Å². The second kappa shape index (κ2) is 5.82. The summed E-state index contributed by atoms with van der Waals surface area (Å²) in [6.45, 7) is 0. The van der Waals surface area contributed by atoms with Crippen LogP contribution >= 0.6 is 0 Å². The van der Waals surface area contributed by atoms with Crippen LogP contribution in [0.3, 0.4) is 0 Å². The van der Waals surface area contributed by atoms with Gasteiger partial charge < -0.3 is 9.47 Å². The number of fused-ring (bicyclic) bond motifs is 8. The largest absolute Gasteiger partial charge is 0.465 e. The Labute approximate surface area is 152 Å². The highest BCUT2D eigenvalue weighted by Crippen LogP contribution is 2.54. The van der Waals surface area contributed by atoms with Crippen LogP contribution in [0.1, 0.15) is 55.9 Å². The molecule has 0 spiro atoms. The van der Waals surface area contributed by atoms with Crippen LogP contribution in [0.5, 0.6) is 0 Å². The van der Waals surface area contributed by atoms with Gasteiger partial charge in [-0.25, -0.2) is 4.79 Å². The quantitative estimate of drug-likeness (QED) is 0.653. The molecule has 2 bridgehead atoms. The Kier molecular flexibility index (Phi) is 3.44. The third-order valence-corrected chi connectivity index (χ3v) is 5.31. The predicted molar refractivity (Wildman–Crippen MR) is 98.2 cm³/mol. The van der Waals surface area contributed by atoms with Gasteiger partial charge in [-0.3, -0.25) is 0 Å². The van der Waals surface area contributed by atoms with Crippen LogP contribution in [-0.4, -0.2) is 13.1 Å². The molecule has 2 aliphatic rings. The van der Waals surface area contributed by atoms with Crippen molar-refractivity contribution in [2.24, 2.45) is 0 Å². The summed E-state index contributed by atoms with van der Waals surface area (Å²) in [4.78, 5) is 11.9. The topological polar surface area (TPSA) is 35.5 Å². The molecule has 0 saturated carbocycles. The summed E-state index contributed by atoms with van der Waals surface area (Å²) >= 11 is 0. The highest BCUT2D eigenvalue weighted by atomic mass is 16.5. The molecule has 2 aliphatic heterocycles. The second-order valence-corrected chi connectivity index (χ2v) is 6.86. The molecule has 3 aromatic rings. The fourth-order valence-corrected chi connectivity index (χ4v) is 4.08. The van der Waals surface area contributed by atoms with Gasteiger partial charge >= 0.3 is 5.97 Å². The van der Waals surface area contributed by atoms with E-state index in [1.165, 1.54) is 29.4 Å². The van der Waals surface area contributed by atoms with E-state index in [0.29, 0.717) is 5.56 Å². The van der Waals surface area contributed by atoms with Gasteiger partial charge in [-0.1, -0.05) is 54.6 Å². The number of hydrogen-bond acceptors (Lipinski definition) is 3. The molecule has 3 aromatic carbocycles. The van der Waals surface area contributed by atoms with E-state index >= 15 is 0 Å². The number of methoxy groups -OCH3 is 1. The van der Waals surface area contributed by atoms with Crippen molar-refractivity contribution < 1.29 is 14.3 Å². The highest BCUT2D eigenvalue weighted by Gasteiger charge is 2.42. The van der Waals surface area contributed by atoms with Crippen molar-refractivity contribution in [1.82, 2.24) is 0 Å². The third-order valence-electron chi connectivity index (χ3n) is 5.31. The first kappa shape index (κ1) is 15.4. The maximum Gasteiger partial charge on any atom is 0.337 e.